The minimum atomic E-state index is -0.0989. The van der Waals surface area contributed by atoms with Gasteiger partial charge in [0.2, 0.25) is 0 Å². The zero-order valence-electron chi connectivity index (χ0n) is 15.8. The molecule has 1 fully saturated rings. The Labute approximate surface area is 155 Å². The largest absolute Gasteiger partial charge is 0.495 e. The second-order valence-electron chi connectivity index (χ2n) is 6.90. The van der Waals surface area contributed by atoms with Crippen molar-refractivity contribution >= 4 is 17.3 Å². The van der Waals surface area contributed by atoms with Crippen LogP contribution in [-0.2, 0) is 4.79 Å². The summed E-state index contributed by atoms with van der Waals surface area (Å²) >= 11 is 0. The molecule has 1 saturated heterocycles. The monoisotopic (exact) mass is 354 g/mol. The molecule has 0 radical (unpaired) electrons. The lowest BCUT2D eigenvalue weighted by molar-refractivity contribution is -0.914. The lowest BCUT2D eigenvalue weighted by atomic mass is 10.1. The fourth-order valence-electron chi connectivity index (χ4n) is 3.47. The number of quaternary nitrogens is 1. The van der Waals surface area contributed by atoms with Crippen LogP contribution in [0.5, 0.6) is 5.75 Å². The van der Waals surface area contributed by atoms with Crippen LogP contribution in [0, 0.1) is 6.92 Å². The normalized spacial score (nSPS) is 16.2. The van der Waals surface area contributed by atoms with E-state index in [-0.39, 0.29) is 11.9 Å². The Morgan fingerprint density at radius 2 is 1.85 bits per heavy atom. The molecule has 2 aromatic carbocycles. The fraction of sp³-hybridized carbons (Fsp3) is 0.381. The molecule has 0 spiro atoms. The SMILES string of the molecule is COc1ccc(C)cc1NC(=O)[C@@H](C)[NH+]1CCN(c2ccccc2)CC1. The molecular weight excluding hydrogens is 326 g/mol. The highest BCUT2D eigenvalue weighted by Crippen LogP contribution is 2.25. The molecule has 1 aliphatic heterocycles. The number of carbonyl (C=O) groups is 1. The van der Waals surface area contributed by atoms with Gasteiger partial charge in [0.1, 0.15) is 5.75 Å². The van der Waals surface area contributed by atoms with Gasteiger partial charge in [0, 0.05) is 5.69 Å². The number of piperazine rings is 1. The Kier molecular flexibility index (Phi) is 5.78. The number of rotatable bonds is 5. The van der Waals surface area contributed by atoms with Gasteiger partial charge >= 0.3 is 0 Å². The van der Waals surface area contributed by atoms with E-state index in [1.54, 1.807) is 7.11 Å². The number of para-hydroxylation sites is 1. The van der Waals surface area contributed by atoms with E-state index >= 15 is 0 Å². The van der Waals surface area contributed by atoms with Crippen molar-refractivity contribution in [1.82, 2.24) is 0 Å². The summed E-state index contributed by atoms with van der Waals surface area (Å²) < 4.78 is 5.36. The van der Waals surface area contributed by atoms with Gasteiger partial charge in [0.25, 0.3) is 5.91 Å². The highest BCUT2D eigenvalue weighted by molar-refractivity contribution is 5.95. The van der Waals surface area contributed by atoms with Crippen molar-refractivity contribution in [2.24, 2.45) is 0 Å². The quantitative estimate of drug-likeness (QED) is 0.860. The Hall–Kier alpha value is -2.53. The van der Waals surface area contributed by atoms with Crippen molar-refractivity contribution in [3.8, 4) is 5.75 Å². The molecule has 1 atom stereocenters. The number of anilines is 2. The Balaban J connectivity index is 1.59. The number of hydrogen-bond acceptors (Lipinski definition) is 3. The number of carbonyl (C=O) groups excluding carboxylic acids is 1. The van der Waals surface area contributed by atoms with Crippen molar-refractivity contribution < 1.29 is 14.4 Å². The first-order valence-corrected chi connectivity index (χ1v) is 9.18. The first-order valence-electron chi connectivity index (χ1n) is 9.18. The number of ether oxygens (including phenoxy) is 1. The average molecular weight is 354 g/mol. The van der Waals surface area contributed by atoms with E-state index in [1.165, 1.54) is 10.6 Å². The summed E-state index contributed by atoms with van der Waals surface area (Å²) in [6.45, 7) is 7.84. The van der Waals surface area contributed by atoms with Gasteiger partial charge in [-0.05, 0) is 43.7 Å². The van der Waals surface area contributed by atoms with Crippen LogP contribution < -0.4 is 19.9 Å². The minimum Gasteiger partial charge on any atom is -0.495 e. The van der Waals surface area contributed by atoms with Gasteiger partial charge in [0.15, 0.2) is 6.04 Å². The summed E-state index contributed by atoms with van der Waals surface area (Å²) in [5.41, 5.74) is 3.09. The number of nitrogens with zero attached hydrogens (tertiary/aromatic N) is 1. The number of benzene rings is 2. The molecule has 1 amide bonds. The number of aryl methyl sites for hydroxylation is 1. The molecule has 1 aliphatic rings. The molecule has 0 aliphatic carbocycles. The third-order valence-corrected chi connectivity index (χ3v) is 5.15. The molecule has 0 saturated carbocycles. The van der Waals surface area contributed by atoms with E-state index < -0.39 is 0 Å². The van der Waals surface area contributed by atoms with Gasteiger partial charge in [-0.1, -0.05) is 24.3 Å². The van der Waals surface area contributed by atoms with Crippen LogP contribution in [0.3, 0.4) is 0 Å². The molecule has 26 heavy (non-hydrogen) atoms. The number of methoxy groups -OCH3 is 1. The molecule has 2 aromatic rings. The van der Waals surface area contributed by atoms with Crippen LogP contribution in [0.15, 0.2) is 48.5 Å². The third-order valence-electron chi connectivity index (χ3n) is 5.15. The molecule has 0 unspecified atom stereocenters. The summed E-state index contributed by atoms with van der Waals surface area (Å²) in [5, 5.41) is 3.04. The summed E-state index contributed by atoms with van der Waals surface area (Å²) in [4.78, 5) is 16.4. The number of amides is 1. The topological polar surface area (TPSA) is 46.0 Å². The summed E-state index contributed by atoms with van der Waals surface area (Å²) in [6.07, 6.45) is 0. The average Bonchev–Trinajstić information content (AvgIpc) is 2.68. The number of hydrogen-bond donors (Lipinski definition) is 2. The lowest BCUT2D eigenvalue weighted by Gasteiger charge is -2.36. The van der Waals surface area contributed by atoms with Crippen molar-refractivity contribution in [3.05, 3.63) is 54.1 Å². The first-order chi connectivity index (χ1) is 12.6. The van der Waals surface area contributed by atoms with Crippen LogP contribution in [0.1, 0.15) is 12.5 Å². The van der Waals surface area contributed by atoms with E-state index in [0.717, 1.165) is 37.4 Å². The summed E-state index contributed by atoms with van der Waals surface area (Å²) in [7, 11) is 1.62. The van der Waals surface area contributed by atoms with Crippen LogP contribution in [0.2, 0.25) is 0 Å². The maximum absolute atomic E-state index is 12.7. The standard InChI is InChI=1S/C21H27N3O2/c1-16-9-10-20(26-3)19(15-16)22-21(25)17(2)23-11-13-24(14-12-23)18-7-5-4-6-8-18/h4-10,15,17H,11-14H2,1-3H3,(H,22,25)/p+1/t17-/m1/s1. The summed E-state index contributed by atoms with van der Waals surface area (Å²) in [6, 6.07) is 16.2. The van der Waals surface area contributed by atoms with E-state index in [0.29, 0.717) is 5.75 Å². The van der Waals surface area contributed by atoms with E-state index in [4.69, 9.17) is 4.74 Å². The molecule has 5 heteroatoms. The molecule has 0 bridgehead atoms. The van der Waals surface area contributed by atoms with E-state index in [9.17, 15) is 4.79 Å². The van der Waals surface area contributed by atoms with Crippen LogP contribution in [0.4, 0.5) is 11.4 Å². The van der Waals surface area contributed by atoms with Gasteiger partial charge in [-0.25, -0.2) is 0 Å². The predicted octanol–water partition coefficient (Wildman–Crippen LogP) is 1.74. The second-order valence-corrected chi connectivity index (χ2v) is 6.90. The molecule has 5 nitrogen and oxygen atoms in total. The maximum atomic E-state index is 12.7. The zero-order chi connectivity index (χ0) is 18.5. The first kappa shape index (κ1) is 18.3. The molecule has 0 aromatic heterocycles. The van der Waals surface area contributed by atoms with Crippen molar-refractivity contribution in [2.75, 3.05) is 43.5 Å². The van der Waals surface area contributed by atoms with Gasteiger partial charge in [-0.2, -0.15) is 0 Å². The minimum absolute atomic E-state index is 0.0389. The predicted molar refractivity (Wildman–Crippen MR) is 105 cm³/mol. The maximum Gasteiger partial charge on any atom is 0.282 e. The molecule has 2 N–H and O–H groups in total. The second kappa shape index (κ2) is 8.23. The lowest BCUT2D eigenvalue weighted by Crippen LogP contribution is -3.19. The van der Waals surface area contributed by atoms with Crippen molar-refractivity contribution in [2.45, 2.75) is 19.9 Å². The fourth-order valence-corrected chi connectivity index (χ4v) is 3.47. The summed E-state index contributed by atoms with van der Waals surface area (Å²) in [5.74, 6) is 0.733. The molecule has 138 valence electrons. The Morgan fingerprint density at radius 1 is 1.15 bits per heavy atom. The van der Waals surface area contributed by atoms with Gasteiger partial charge in [-0.3, -0.25) is 4.79 Å². The van der Waals surface area contributed by atoms with Crippen molar-refractivity contribution in [1.29, 1.82) is 0 Å². The zero-order valence-corrected chi connectivity index (χ0v) is 15.8. The van der Waals surface area contributed by atoms with Crippen molar-refractivity contribution in [3.63, 3.8) is 0 Å². The number of nitrogens with one attached hydrogen (secondary N) is 2. The molecular formula is C21H28N3O2+. The Morgan fingerprint density at radius 3 is 2.50 bits per heavy atom. The molecule has 3 rings (SSSR count). The highest BCUT2D eigenvalue weighted by Gasteiger charge is 2.29. The molecule has 1 heterocycles. The van der Waals surface area contributed by atoms with Crippen LogP contribution >= 0.6 is 0 Å². The van der Waals surface area contributed by atoms with Crippen LogP contribution in [0.25, 0.3) is 0 Å². The van der Waals surface area contributed by atoms with Crippen LogP contribution in [-0.4, -0.2) is 45.2 Å². The van der Waals surface area contributed by atoms with Gasteiger partial charge in [0.05, 0.1) is 39.0 Å². The smallest absolute Gasteiger partial charge is 0.282 e. The van der Waals surface area contributed by atoms with E-state index in [1.807, 2.05) is 38.1 Å². The van der Waals surface area contributed by atoms with Gasteiger partial charge in [-0.15, -0.1) is 0 Å². The third kappa shape index (κ3) is 4.17. The highest BCUT2D eigenvalue weighted by atomic mass is 16.5. The Bertz CT molecular complexity index is 740. The van der Waals surface area contributed by atoms with Gasteiger partial charge < -0.3 is 19.9 Å². The van der Waals surface area contributed by atoms with E-state index in [2.05, 4.69) is 34.5 Å².